The molecule has 3 heterocycles. The smallest absolute Gasteiger partial charge is 0.193 e. The van der Waals surface area contributed by atoms with Crippen molar-refractivity contribution < 1.29 is 0 Å². The summed E-state index contributed by atoms with van der Waals surface area (Å²) in [4.78, 5) is 18.9. The van der Waals surface area contributed by atoms with E-state index in [0.717, 1.165) is 90.2 Å². The van der Waals surface area contributed by atoms with Gasteiger partial charge in [0.2, 0.25) is 0 Å². The van der Waals surface area contributed by atoms with Crippen molar-refractivity contribution in [1.29, 1.82) is 0 Å². The van der Waals surface area contributed by atoms with Crippen molar-refractivity contribution in [3.05, 3.63) is 60.3 Å². The van der Waals surface area contributed by atoms with Gasteiger partial charge in [0.05, 0.1) is 0 Å². The molecule has 2 aromatic rings. The van der Waals surface area contributed by atoms with Crippen LogP contribution in [0.2, 0.25) is 0 Å². The van der Waals surface area contributed by atoms with E-state index in [1.54, 1.807) is 0 Å². The number of aliphatic imine (C=N–C) groups is 1. The fourth-order valence-electron chi connectivity index (χ4n) is 4.54. The molecule has 2 aliphatic rings. The first-order valence-corrected chi connectivity index (χ1v) is 11.9. The molecule has 0 bridgehead atoms. The number of nitrogens with one attached hydrogen (secondary N) is 1. The summed E-state index contributed by atoms with van der Waals surface area (Å²) in [5.74, 6) is 2.09. The van der Waals surface area contributed by atoms with Gasteiger partial charge in [0.1, 0.15) is 5.82 Å². The topological polar surface area (TPSA) is 50.2 Å². The second-order valence-electron chi connectivity index (χ2n) is 8.59. The Morgan fingerprint density at radius 1 is 0.879 bits per heavy atom. The third-order valence-electron chi connectivity index (χ3n) is 6.41. The molecule has 0 unspecified atom stereocenters. The van der Waals surface area contributed by atoms with E-state index in [0.29, 0.717) is 0 Å². The van der Waals surface area contributed by atoms with Crippen LogP contribution in [0.1, 0.15) is 12.0 Å². The fourth-order valence-corrected chi connectivity index (χ4v) is 4.54. The van der Waals surface area contributed by atoms with E-state index in [-0.39, 0.29) is 24.0 Å². The van der Waals surface area contributed by atoms with Gasteiger partial charge in [-0.2, -0.15) is 0 Å². The van der Waals surface area contributed by atoms with Crippen LogP contribution in [0.15, 0.2) is 59.7 Å². The molecule has 2 fully saturated rings. The number of hydrogen-bond donors (Lipinski definition) is 1. The third kappa shape index (κ3) is 7.82. The van der Waals surface area contributed by atoms with Gasteiger partial charge in [0, 0.05) is 78.7 Å². The van der Waals surface area contributed by atoms with Crippen molar-refractivity contribution in [1.82, 2.24) is 25.0 Å². The zero-order chi connectivity index (χ0) is 22.0. The van der Waals surface area contributed by atoms with Gasteiger partial charge in [0.15, 0.2) is 5.96 Å². The van der Waals surface area contributed by atoms with Crippen LogP contribution in [-0.4, -0.2) is 98.1 Å². The normalized spacial score (nSPS) is 18.2. The van der Waals surface area contributed by atoms with Crippen molar-refractivity contribution in [3.8, 4) is 0 Å². The van der Waals surface area contributed by atoms with Crippen LogP contribution in [0.5, 0.6) is 0 Å². The molecular formula is C25H38IN7. The summed E-state index contributed by atoms with van der Waals surface area (Å²) in [6, 6.07) is 16.9. The van der Waals surface area contributed by atoms with Gasteiger partial charge in [-0.3, -0.25) is 9.89 Å². The summed E-state index contributed by atoms with van der Waals surface area (Å²) in [6.45, 7) is 11.7. The fraction of sp³-hybridized carbons (Fsp3) is 0.520. The van der Waals surface area contributed by atoms with Crippen molar-refractivity contribution in [2.45, 2.75) is 13.0 Å². The number of benzene rings is 1. The Kier molecular flexibility index (Phi) is 10.7. The number of rotatable bonds is 7. The summed E-state index contributed by atoms with van der Waals surface area (Å²) in [5.41, 5.74) is 1.41. The molecule has 0 atom stereocenters. The van der Waals surface area contributed by atoms with Gasteiger partial charge < -0.3 is 20.0 Å². The Balaban J connectivity index is 0.00000306. The first-order chi connectivity index (χ1) is 15.8. The van der Waals surface area contributed by atoms with Crippen LogP contribution < -0.4 is 10.2 Å². The molecule has 0 saturated carbocycles. The quantitative estimate of drug-likeness (QED) is 0.242. The molecule has 0 aliphatic carbocycles. The van der Waals surface area contributed by atoms with Gasteiger partial charge in [-0.15, -0.1) is 24.0 Å². The second kappa shape index (κ2) is 13.7. The van der Waals surface area contributed by atoms with E-state index < -0.39 is 0 Å². The van der Waals surface area contributed by atoms with Gasteiger partial charge >= 0.3 is 0 Å². The first kappa shape index (κ1) is 25.7. The first-order valence-electron chi connectivity index (χ1n) is 11.9. The SMILES string of the molecule is CN=C(NCCCN1CCN(Cc2ccccc2)CC1)N1CCN(c2ccccn2)CC1.I. The van der Waals surface area contributed by atoms with E-state index in [1.807, 2.05) is 19.3 Å². The van der Waals surface area contributed by atoms with Crippen LogP contribution in [0.25, 0.3) is 0 Å². The van der Waals surface area contributed by atoms with Crippen LogP contribution >= 0.6 is 24.0 Å². The Labute approximate surface area is 215 Å². The lowest BCUT2D eigenvalue weighted by Crippen LogP contribution is -2.53. The summed E-state index contributed by atoms with van der Waals surface area (Å²) in [7, 11) is 1.89. The molecule has 2 aliphatic heterocycles. The van der Waals surface area contributed by atoms with E-state index in [2.05, 4.69) is 77.4 Å². The summed E-state index contributed by atoms with van der Waals surface area (Å²) >= 11 is 0. The number of aromatic nitrogens is 1. The second-order valence-corrected chi connectivity index (χ2v) is 8.59. The number of pyridine rings is 1. The average molecular weight is 564 g/mol. The molecule has 1 aromatic heterocycles. The Morgan fingerprint density at radius 3 is 2.24 bits per heavy atom. The molecule has 1 aromatic carbocycles. The maximum atomic E-state index is 4.52. The number of anilines is 1. The molecule has 7 nitrogen and oxygen atoms in total. The molecule has 1 N–H and O–H groups in total. The van der Waals surface area contributed by atoms with Crippen LogP contribution in [0.4, 0.5) is 5.82 Å². The maximum absolute atomic E-state index is 4.52. The van der Waals surface area contributed by atoms with Gasteiger partial charge in [-0.05, 0) is 30.7 Å². The summed E-state index contributed by atoms with van der Waals surface area (Å²) in [5, 5.41) is 3.58. The lowest BCUT2D eigenvalue weighted by molar-refractivity contribution is 0.126. The number of piperazine rings is 2. The molecule has 2 saturated heterocycles. The Hall–Kier alpha value is -1.91. The highest BCUT2D eigenvalue weighted by atomic mass is 127. The highest BCUT2D eigenvalue weighted by Crippen LogP contribution is 2.12. The molecule has 0 amide bonds. The lowest BCUT2D eigenvalue weighted by Gasteiger charge is -2.37. The third-order valence-corrected chi connectivity index (χ3v) is 6.41. The van der Waals surface area contributed by atoms with Crippen molar-refractivity contribution in [3.63, 3.8) is 0 Å². The van der Waals surface area contributed by atoms with E-state index in [1.165, 1.54) is 5.56 Å². The highest BCUT2D eigenvalue weighted by molar-refractivity contribution is 14.0. The zero-order valence-corrected chi connectivity index (χ0v) is 22.1. The van der Waals surface area contributed by atoms with Crippen molar-refractivity contribution in [2.24, 2.45) is 4.99 Å². The Morgan fingerprint density at radius 2 is 1.58 bits per heavy atom. The predicted molar refractivity (Wildman–Crippen MR) is 148 cm³/mol. The summed E-state index contributed by atoms with van der Waals surface area (Å²) in [6.07, 6.45) is 3.01. The molecule has 0 radical (unpaired) electrons. The van der Waals surface area contributed by atoms with Crippen LogP contribution in [0, 0.1) is 0 Å². The molecule has 8 heteroatoms. The van der Waals surface area contributed by atoms with Crippen LogP contribution in [0.3, 0.4) is 0 Å². The Bertz CT molecular complexity index is 817. The standard InChI is InChI=1S/C25H37N7.HI/c1-26-25(32-20-18-31(19-21-32)24-10-5-6-11-27-24)28-12-7-13-29-14-16-30(17-15-29)22-23-8-3-2-4-9-23;/h2-6,8-11H,7,12-22H2,1H3,(H,26,28);1H. The number of hydrogen-bond acceptors (Lipinski definition) is 5. The van der Waals surface area contributed by atoms with Crippen molar-refractivity contribution in [2.75, 3.05) is 77.4 Å². The minimum Gasteiger partial charge on any atom is -0.356 e. The van der Waals surface area contributed by atoms with Crippen LogP contribution in [-0.2, 0) is 6.54 Å². The van der Waals surface area contributed by atoms with Gasteiger partial charge in [0.25, 0.3) is 0 Å². The predicted octanol–water partition coefficient (Wildman–Crippen LogP) is 2.60. The van der Waals surface area contributed by atoms with E-state index in [9.17, 15) is 0 Å². The lowest BCUT2D eigenvalue weighted by atomic mass is 10.2. The zero-order valence-electron chi connectivity index (χ0n) is 19.8. The van der Waals surface area contributed by atoms with E-state index in [4.69, 9.17) is 0 Å². The minimum absolute atomic E-state index is 0. The number of halogens is 1. The number of guanidine groups is 1. The monoisotopic (exact) mass is 563 g/mol. The van der Waals surface area contributed by atoms with E-state index >= 15 is 0 Å². The molecule has 4 rings (SSSR count). The highest BCUT2D eigenvalue weighted by Gasteiger charge is 2.20. The molecule has 0 spiro atoms. The van der Waals surface area contributed by atoms with Gasteiger partial charge in [-0.25, -0.2) is 4.98 Å². The molecule has 33 heavy (non-hydrogen) atoms. The average Bonchev–Trinajstić information content (AvgIpc) is 2.86. The maximum Gasteiger partial charge on any atom is 0.193 e. The largest absolute Gasteiger partial charge is 0.356 e. The minimum atomic E-state index is 0. The number of nitrogens with zero attached hydrogens (tertiary/aromatic N) is 6. The van der Waals surface area contributed by atoms with Crippen molar-refractivity contribution >= 4 is 35.8 Å². The van der Waals surface area contributed by atoms with Gasteiger partial charge in [-0.1, -0.05) is 36.4 Å². The molecule has 180 valence electrons. The summed E-state index contributed by atoms with van der Waals surface area (Å²) < 4.78 is 0. The molecular weight excluding hydrogens is 525 g/mol.